The Morgan fingerprint density at radius 1 is 0.684 bits per heavy atom. The van der Waals surface area contributed by atoms with E-state index in [1.165, 1.54) is 112 Å². The molecule has 0 bridgehead atoms. The molecular formula is C54H50N2O. The fourth-order valence-electron chi connectivity index (χ4n) is 11.8. The molecule has 0 spiro atoms. The smallest absolute Gasteiger partial charge is 0.135 e. The first kappa shape index (κ1) is 33.6. The second-order valence-electron chi connectivity index (χ2n) is 17.6. The summed E-state index contributed by atoms with van der Waals surface area (Å²) in [5, 5.41) is 2.62. The lowest BCUT2D eigenvalue weighted by Gasteiger charge is -2.43. The maximum absolute atomic E-state index is 6.27. The lowest BCUT2D eigenvalue weighted by atomic mass is 9.70. The van der Waals surface area contributed by atoms with Gasteiger partial charge in [0.05, 0.1) is 5.52 Å². The maximum atomic E-state index is 6.27. The number of nitrogens with zero attached hydrogens (tertiary/aromatic N) is 2. The number of hydrogen-bond donors (Lipinski definition) is 0. The van der Waals surface area contributed by atoms with Gasteiger partial charge in [0.1, 0.15) is 11.3 Å². The van der Waals surface area contributed by atoms with Crippen molar-refractivity contribution in [2.75, 3.05) is 4.90 Å². The topological polar surface area (TPSA) is 21.3 Å². The summed E-state index contributed by atoms with van der Waals surface area (Å²) in [4.78, 5) is 2.81. The molecule has 6 aliphatic carbocycles. The molecule has 0 saturated heterocycles. The van der Waals surface area contributed by atoms with E-state index in [1.54, 1.807) is 11.1 Å². The number of anilines is 1. The molecule has 2 aromatic heterocycles. The number of rotatable bonds is 5. The van der Waals surface area contributed by atoms with E-state index in [4.69, 9.17) is 4.42 Å². The van der Waals surface area contributed by atoms with Crippen molar-refractivity contribution >= 4 is 45.3 Å². The Balaban J connectivity index is 0.919. The molecule has 3 aromatic carbocycles. The Kier molecular flexibility index (Phi) is 7.98. The normalized spacial score (nSPS) is 24.8. The molecule has 57 heavy (non-hydrogen) atoms. The van der Waals surface area contributed by atoms with Gasteiger partial charge in [0.25, 0.3) is 0 Å². The van der Waals surface area contributed by atoms with Gasteiger partial charge < -0.3 is 13.9 Å². The van der Waals surface area contributed by atoms with Crippen molar-refractivity contribution in [1.82, 2.24) is 4.57 Å². The van der Waals surface area contributed by atoms with Crippen LogP contribution in [0, 0.1) is 11.8 Å². The predicted octanol–water partition coefficient (Wildman–Crippen LogP) is 13.9. The van der Waals surface area contributed by atoms with Gasteiger partial charge in [-0.1, -0.05) is 90.6 Å². The number of fused-ring (bicyclic) bond motifs is 9. The molecule has 3 heteroatoms. The molecule has 4 unspecified atom stereocenters. The molecular weight excluding hydrogens is 693 g/mol. The molecule has 0 radical (unpaired) electrons. The molecule has 3 heterocycles. The van der Waals surface area contributed by atoms with Crippen molar-refractivity contribution in [1.29, 1.82) is 0 Å². The molecule has 4 atom stereocenters. The Hall–Kier alpha value is -5.54. The van der Waals surface area contributed by atoms with Crippen molar-refractivity contribution in [2.24, 2.45) is 11.8 Å². The van der Waals surface area contributed by atoms with Crippen LogP contribution in [0.4, 0.5) is 5.69 Å². The van der Waals surface area contributed by atoms with E-state index in [1.807, 2.05) is 0 Å². The minimum atomic E-state index is 0.377. The minimum Gasteiger partial charge on any atom is -0.456 e. The lowest BCUT2D eigenvalue weighted by Crippen LogP contribution is -2.41. The fraction of sp³-hybridized carbons (Fsp3) is 0.296. The standard InChI is InChI=1S/C54H50N2O/c1-3-13-35(14-4-1)39-29-40(36-15-5-2-6-16-36)31-42(30-39)56-50-21-11-8-18-44(50)47-33-38(24-27-52(47)56)37-23-26-51-46(32-37)43-17-7-10-20-49(43)55(51)41-25-28-54-48(34-41)45-19-9-12-22-53(45)57-54/h1,3,5,7-8,11-13,15-18,21-28,32,34,39-40,42,47H,2,4,6,9-10,14,19-20,29-31,33H2. The van der Waals surface area contributed by atoms with Crippen LogP contribution < -0.4 is 4.90 Å². The van der Waals surface area contributed by atoms with Crippen LogP contribution in [0.2, 0.25) is 0 Å². The number of para-hydroxylation sites is 1. The van der Waals surface area contributed by atoms with Gasteiger partial charge in [-0.25, -0.2) is 0 Å². The summed E-state index contributed by atoms with van der Waals surface area (Å²) >= 11 is 0. The summed E-state index contributed by atoms with van der Waals surface area (Å²) in [5.41, 5.74) is 18.2. The highest BCUT2D eigenvalue weighted by Gasteiger charge is 2.43. The van der Waals surface area contributed by atoms with E-state index in [0.717, 1.165) is 43.4 Å². The Morgan fingerprint density at radius 2 is 1.58 bits per heavy atom. The van der Waals surface area contributed by atoms with Gasteiger partial charge in [0.15, 0.2) is 0 Å². The molecule has 0 amide bonds. The number of hydrogen-bond acceptors (Lipinski definition) is 2. The summed E-state index contributed by atoms with van der Waals surface area (Å²) in [7, 11) is 0. The van der Waals surface area contributed by atoms with Gasteiger partial charge in [-0.15, -0.1) is 0 Å². The van der Waals surface area contributed by atoms with Crippen LogP contribution in [0.25, 0.3) is 45.3 Å². The number of aromatic nitrogens is 1. The van der Waals surface area contributed by atoms with E-state index in [9.17, 15) is 0 Å². The van der Waals surface area contributed by atoms with Crippen molar-refractivity contribution in [3.8, 4) is 5.69 Å². The third-order valence-corrected chi connectivity index (χ3v) is 14.4. The van der Waals surface area contributed by atoms with Crippen molar-refractivity contribution < 1.29 is 4.42 Å². The second kappa shape index (κ2) is 13.5. The van der Waals surface area contributed by atoms with Crippen molar-refractivity contribution in [3.05, 3.63) is 172 Å². The van der Waals surface area contributed by atoms with E-state index in [0.29, 0.717) is 23.8 Å². The highest BCUT2D eigenvalue weighted by Crippen LogP contribution is 2.54. The van der Waals surface area contributed by atoms with Crippen LogP contribution in [0.1, 0.15) is 104 Å². The van der Waals surface area contributed by atoms with E-state index in [2.05, 4.69) is 143 Å². The molecule has 7 aliphatic rings. The summed E-state index contributed by atoms with van der Waals surface area (Å²) in [6.07, 6.45) is 42.4. The third-order valence-electron chi connectivity index (χ3n) is 14.4. The first-order chi connectivity index (χ1) is 28.2. The van der Waals surface area contributed by atoms with Crippen LogP contribution in [-0.4, -0.2) is 10.6 Å². The maximum Gasteiger partial charge on any atom is 0.135 e. The SMILES string of the molecule is C1=CCCC(C2CC(C3=CCCC=C3)CC(N3C4=CC=C(c5ccc6c(c5)c5c(n6-c6ccc7oc8c(c7c6)CCC=C8)CCC=C5)CC4c4ccccc43)C2)=C1. The number of benzene rings is 3. The van der Waals surface area contributed by atoms with Crippen LogP contribution in [0.3, 0.4) is 0 Å². The zero-order valence-corrected chi connectivity index (χ0v) is 32.8. The Morgan fingerprint density at radius 3 is 2.51 bits per heavy atom. The molecule has 282 valence electrons. The summed E-state index contributed by atoms with van der Waals surface area (Å²) in [5.74, 6) is 2.66. The zero-order chi connectivity index (χ0) is 37.5. The quantitative estimate of drug-likeness (QED) is 0.179. The predicted molar refractivity (Wildman–Crippen MR) is 238 cm³/mol. The Labute approximate surface area is 336 Å². The third kappa shape index (κ3) is 5.52. The van der Waals surface area contributed by atoms with Crippen LogP contribution in [-0.2, 0) is 12.8 Å². The molecule has 5 aromatic rings. The van der Waals surface area contributed by atoms with Crippen LogP contribution in [0.15, 0.2) is 143 Å². The summed E-state index contributed by atoms with van der Waals surface area (Å²) in [6.45, 7) is 0. The average Bonchev–Trinajstić information content (AvgIpc) is 3.94. The average molecular weight is 743 g/mol. The molecule has 1 fully saturated rings. The zero-order valence-electron chi connectivity index (χ0n) is 32.8. The van der Waals surface area contributed by atoms with Gasteiger partial charge in [-0.3, -0.25) is 0 Å². The molecule has 12 rings (SSSR count). The van der Waals surface area contributed by atoms with Gasteiger partial charge in [-0.2, -0.15) is 0 Å². The van der Waals surface area contributed by atoms with Gasteiger partial charge in [0.2, 0.25) is 0 Å². The molecule has 3 nitrogen and oxygen atoms in total. The highest BCUT2D eigenvalue weighted by molar-refractivity contribution is 5.97. The van der Waals surface area contributed by atoms with Crippen molar-refractivity contribution in [3.63, 3.8) is 0 Å². The fourth-order valence-corrected chi connectivity index (χ4v) is 11.8. The summed E-state index contributed by atoms with van der Waals surface area (Å²) < 4.78 is 8.81. The van der Waals surface area contributed by atoms with Gasteiger partial charge in [0, 0.05) is 56.6 Å². The minimum absolute atomic E-state index is 0.377. The first-order valence-corrected chi connectivity index (χ1v) is 21.8. The van der Waals surface area contributed by atoms with Crippen LogP contribution >= 0.6 is 0 Å². The van der Waals surface area contributed by atoms with Crippen molar-refractivity contribution in [2.45, 2.75) is 89.0 Å². The van der Waals surface area contributed by atoms with Gasteiger partial charge in [-0.05, 0) is 160 Å². The first-order valence-electron chi connectivity index (χ1n) is 21.8. The monoisotopic (exact) mass is 742 g/mol. The lowest BCUT2D eigenvalue weighted by molar-refractivity contribution is 0.287. The van der Waals surface area contributed by atoms with E-state index < -0.39 is 0 Å². The van der Waals surface area contributed by atoms with Crippen LogP contribution in [0.5, 0.6) is 0 Å². The number of aryl methyl sites for hydroxylation is 1. The number of allylic oxidation sites excluding steroid dienone is 14. The molecule has 1 saturated carbocycles. The van der Waals surface area contributed by atoms with Gasteiger partial charge >= 0.3 is 0 Å². The molecule has 1 aliphatic heterocycles. The largest absolute Gasteiger partial charge is 0.456 e. The van der Waals surface area contributed by atoms with E-state index in [-0.39, 0.29) is 0 Å². The molecule has 0 N–H and O–H groups in total. The summed E-state index contributed by atoms with van der Waals surface area (Å²) in [6, 6.07) is 24.0. The van der Waals surface area contributed by atoms with E-state index >= 15 is 0 Å². The Bertz CT molecular complexity index is 2730. The highest BCUT2D eigenvalue weighted by atomic mass is 16.3. The number of furan rings is 1. The second-order valence-corrected chi connectivity index (χ2v) is 17.6.